The Morgan fingerprint density at radius 2 is 0.590 bits per heavy atom. The predicted octanol–water partition coefficient (Wildman–Crippen LogP) is 7.44. The maximum absolute atomic E-state index is 13.9. The smallest absolute Gasteiger partial charge is 0.325 e. The molecule has 0 unspecified atom stereocenters. The molecule has 5 rings (SSSR count). The van der Waals surface area contributed by atoms with Crippen LogP contribution in [-0.4, -0.2) is 11.9 Å². The number of carbonyl (C=O) groups is 2. The second kappa shape index (κ2) is 12.5. The Balaban J connectivity index is 1.49. The molecule has 0 aromatic heterocycles. The van der Waals surface area contributed by atoms with E-state index in [1.54, 1.807) is 24.3 Å². The molecule has 0 atom stereocenters. The van der Waals surface area contributed by atoms with Gasteiger partial charge in [-0.3, -0.25) is 9.59 Å². The molecule has 5 aromatic carbocycles. The van der Waals surface area contributed by atoms with E-state index in [-0.39, 0.29) is 0 Å². The van der Waals surface area contributed by atoms with Gasteiger partial charge in [0.1, 0.15) is 0 Å². The fourth-order valence-corrected chi connectivity index (χ4v) is 4.55. The van der Waals surface area contributed by atoms with Crippen LogP contribution in [0.1, 0.15) is 45.9 Å². The topological polar surface area (TPSA) is 52.6 Å². The van der Waals surface area contributed by atoms with Crippen molar-refractivity contribution in [3.05, 3.63) is 179 Å². The zero-order chi connectivity index (χ0) is 26.9. The van der Waals surface area contributed by atoms with Gasteiger partial charge in [-0.15, -0.1) is 0 Å². The predicted molar refractivity (Wildman–Crippen MR) is 151 cm³/mol. The number of ether oxygens (including phenoxy) is 2. The summed E-state index contributed by atoms with van der Waals surface area (Å²) in [5, 5.41) is 0. The lowest BCUT2D eigenvalue weighted by Crippen LogP contribution is -2.29. The van der Waals surface area contributed by atoms with Crippen LogP contribution in [0.2, 0.25) is 0 Å². The molecule has 0 spiro atoms. The van der Waals surface area contributed by atoms with Gasteiger partial charge in [-0.25, -0.2) is 0 Å². The van der Waals surface area contributed by atoms with Gasteiger partial charge >= 0.3 is 11.9 Å². The van der Waals surface area contributed by atoms with Gasteiger partial charge in [0.15, 0.2) is 18.1 Å². The number of benzene rings is 5. The first-order chi connectivity index (χ1) is 19.2. The molecular formula is C35H28O4. The van der Waals surface area contributed by atoms with Crippen molar-refractivity contribution in [2.75, 3.05) is 0 Å². The van der Waals surface area contributed by atoms with E-state index in [0.29, 0.717) is 5.56 Å². The maximum atomic E-state index is 13.9. The molecule has 0 radical (unpaired) electrons. The van der Waals surface area contributed by atoms with Gasteiger partial charge in [-0.1, -0.05) is 152 Å². The lowest BCUT2D eigenvalue weighted by Gasteiger charge is -2.25. The second-order valence-electron chi connectivity index (χ2n) is 9.12. The molecule has 0 aliphatic heterocycles. The van der Waals surface area contributed by atoms with Gasteiger partial charge in [0.2, 0.25) is 0 Å². The summed E-state index contributed by atoms with van der Waals surface area (Å²) < 4.78 is 12.2. The van der Waals surface area contributed by atoms with Crippen molar-refractivity contribution in [1.29, 1.82) is 0 Å². The first-order valence-corrected chi connectivity index (χ1v) is 12.9. The highest BCUT2D eigenvalue weighted by Gasteiger charge is 2.36. The van der Waals surface area contributed by atoms with Gasteiger partial charge in [0.25, 0.3) is 0 Å². The highest BCUT2D eigenvalue weighted by Crippen LogP contribution is 2.32. The van der Waals surface area contributed by atoms with Gasteiger partial charge in [0.05, 0.1) is 0 Å². The Hall–Kier alpha value is -4.96. The highest BCUT2D eigenvalue weighted by atomic mass is 16.6. The molecule has 0 bridgehead atoms. The molecule has 0 heterocycles. The van der Waals surface area contributed by atoms with E-state index in [1.165, 1.54) is 0 Å². The van der Waals surface area contributed by atoms with Crippen LogP contribution in [-0.2, 0) is 19.1 Å². The second-order valence-corrected chi connectivity index (χ2v) is 9.12. The third-order valence-corrected chi connectivity index (χ3v) is 6.48. The molecule has 0 N–H and O–H groups in total. The van der Waals surface area contributed by atoms with E-state index < -0.39 is 30.1 Å². The first kappa shape index (κ1) is 25.7. The molecule has 4 nitrogen and oxygen atoms in total. The summed E-state index contributed by atoms with van der Waals surface area (Å²) in [5.74, 6) is -2.62. The number of esters is 2. The van der Waals surface area contributed by atoms with E-state index in [1.807, 2.05) is 127 Å². The lowest BCUT2D eigenvalue weighted by molar-refractivity contribution is -0.161. The monoisotopic (exact) mass is 512 g/mol. The van der Waals surface area contributed by atoms with E-state index in [0.717, 1.165) is 22.3 Å². The molecule has 0 saturated carbocycles. The number of carbonyl (C=O) groups excluding carboxylic acids is 2. The van der Waals surface area contributed by atoms with E-state index in [9.17, 15) is 9.59 Å². The summed E-state index contributed by atoms with van der Waals surface area (Å²) in [4.78, 5) is 27.7. The molecule has 0 fully saturated rings. The van der Waals surface area contributed by atoms with Crippen molar-refractivity contribution in [2.45, 2.75) is 18.1 Å². The van der Waals surface area contributed by atoms with Gasteiger partial charge in [0, 0.05) is 0 Å². The Morgan fingerprint density at radius 3 is 0.846 bits per heavy atom. The Kier molecular flexibility index (Phi) is 8.25. The molecule has 192 valence electrons. The van der Waals surface area contributed by atoms with Gasteiger partial charge < -0.3 is 9.47 Å². The third-order valence-electron chi connectivity index (χ3n) is 6.48. The molecule has 0 saturated heterocycles. The van der Waals surface area contributed by atoms with Crippen molar-refractivity contribution in [3.8, 4) is 0 Å². The highest BCUT2D eigenvalue weighted by molar-refractivity contribution is 6.01. The fraction of sp³-hybridized carbons (Fsp3) is 0.0857. The molecule has 4 heteroatoms. The Morgan fingerprint density at radius 1 is 0.359 bits per heavy atom. The molecule has 39 heavy (non-hydrogen) atoms. The molecular weight excluding hydrogens is 484 g/mol. The van der Waals surface area contributed by atoms with Crippen LogP contribution in [0.3, 0.4) is 0 Å². The number of hydrogen-bond donors (Lipinski definition) is 0. The SMILES string of the molecule is O=C(OC(c1ccccc1)c1ccccc1)C(C(=O)OC(c1ccccc1)c1ccccc1)c1ccccc1. The van der Waals surface area contributed by atoms with Crippen molar-refractivity contribution >= 4 is 11.9 Å². The van der Waals surface area contributed by atoms with Crippen LogP contribution >= 0.6 is 0 Å². The number of rotatable bonds is 9. The summed E-state index contributed by atoms with van der Waals surface area (Å²) in [7, 11) is 0. The van der Waals surface area contributed by atoms with Crippen molar-refractivity contribution in [3.63, 3.8) is 0 Å². The molecule has 0 amide bonds. The Labute approximate surface area is 228 Å². The summed E-state index contributed by atoms with van der Waals surface area (Å²) >= 11 is 0. The zero-order valence-electron chi connectivity index (χ0n) is 21.3. The molecule has 0 aliphatic rings. The van der Waals surface area contributed by atoms with Crippen molar-refractivity contribution < 1.29 is 19.1 Å². The first-order valence-electron chi connectivity index (χ1n) is 12.9. The normalized spacial score (nSPS) is 10.9. The maximum Gasteiger partial charge on any atom is 0.325 e. The minimum atomic E-state index is -1.27. The zero-order valence-corrected chi connectivity index (χ0v) is 21.3. The average molecular weight is 513 g/mol. The summed E-state index contributed by atoms with van der Waals surface area (Å²) in [6.07, 6.45) is -1.36. The van der Waals surface area contributed by atoms with Crippen LogP contribution in [0.5, 0.6) is 0 Å². The van der Waals surface area contributed by atoms with Gasteiger partial charge in [-0.2, -0.15) is 0 Å². The van der Waals surface area contributed by atoms with E-state index >= 15 is 0 Å². The third kappa shape index (κ3) is 6.31. The van der Waals surface area contributed by atoms with Crippen LogP contribution in [0.4, 0.5) is 0 Å². The van der Waals surface area contributed by atoms with Crippen molar-refractivity contribution in [1.82, 2.24) is 0 Å². The van der Waals surface area contributed by atoms with Gasteiger partial charge in [-0.05, 0) is 27.8 Å². The standard InChI is InChI=1S/C35H28O4/c36-34(38-32(27-18-8-2-9-19-27)28-20-10-3-11-21-28)31(26-16-6-1-7-17-26)35(37)39-33(29-22-12-4-13-23-29)30-24-14-5-15-25-30/h1-25,31-33H. The summed E-state index contributed by atoms with van der Waals surface area (Å²) in [6.45, 7) is 0. The Bertz CT molecular complexity index is 1300. The minimum absolute atomic E-state index is 0.507. The van der Waals surface area contributed by atoms with Crippen molar-refractivity contribution in [2.24, 2.45) is 0 Å². The average Bonchev–Trinajstić information content (AvgIpc) is 3.01. The number of hydrogen-bond acceptors (Lipinski definition) is 4. The van der Waals surface area contributed by atoms with E-state index in [4.69, 9.17) is 9.47 Å². The van der Waals surface area contributed by atoms with Crippen LogP contribution in [0.15, 0.2) is 152 Å². The van der Waals surface area contributed by atoms with Crippen LogP contribution in [0, 0.1) is 0 Å². The molecule has 5 aromatic rings. The van der Waals surface area contributed by atoms with E-state index in [2.05, 4.69) is 0 Å². The minimum Gasteiger partial charge on any atom is -0.452 e. The summed E-state index contributed by atoms with van der Waals surface area (Å²) in [5.41, 5.74) is 3.74. The van der Waals surface area contributed by atoms with Crippen LogP contribution < -0.4 is 0 Å². The van der Waals surface area contributed by atoms with Crippen LogP contribution in [0.25, 0.3) is 0 Å². The molecule has 0 aliphatic carbocycles. The fourth-order valence-electron chi connectivity index (χ4n) is 4.55. The quantitative estimate of drug-likeness (QED) is 0.152. The largest absolute Gasteiger partial charge is 0.452 e. The summed E-state index contributed by atoms with van der Waals surface area (Å²) in [6, 6.07) is 46.9. The lowest BCUT2D eigenvalue weighted by atomic mass is 9.97.